The summed E-state index contributed by atoms with van der Waals surface area (Å²) < 4.78 is 45.1. The van der Waals surface area contributed by atoms with E-state index in [-0.39, 0.29) is 29.7 Å². The maximum absolute atomic E-state index is 14.2. The number of rotatable bonds is 8. The van der Waals surface area contributed by atoms with Crippen molar-refractivity contribution in [1.29, 1.82) is 0 Å². The van der Waals surface area contributed by atoms with Crippen LogP contribution in [0.5, 0.6) is 11.5 Å². The predicted octanol–water partition coefficient (Wildman–Crippen LogP) is 4.59. The van der Waals surface area contributed by atoms with E-state index in [0.29, 0.717) is 28.0 Å². The fraction of sp³-hybridized carbons (Fsp3) is 0.267. The van der Waals surface area contributed by atoms with Crippen molar-refractivity contribution >= 4 is 32.3 Å². The Morgan fingerprint density at radius 2 is 1.79 bits per heavy atom. The van der Waals surface area contributed by atoms with Crippen LogP contribution in [-0.4, -0.2) is 45.8 Å². The SMILES string of the molecule is COc1ccccc1[C@@H]1CO[C@@](C(=O)CS(=O)(=O)c2cccc3nc(N)ccc23)(c2cc(C)ccc2OC)C1. The maximum Gasteiger partial charge on any atom is 0.186 e. The van der Waals surface area contributed by atoms with Gasteiger partial charge in [-0.15, -0.1) is 0 Å². The first-order valence-corrected chi connectivity index (χ1v) is 14.2. The van der Waals surface area contributed by atoms with Gasteiger partial charge in [0, 0.05) is 16.9 Å². The second-order valence-electron chi connectivity index (χ2n) is 9.73. The molecule has 1 fully saturated rings. The van der Waals surface area contributed by atoms with Crippen LogP contribution in [0.1, 0.15) is 29.0 Å². The number of sulfone groups is 1. The van der Waals surface area contributed by atoms with Crippen molar-refractivity contribution in [2.75, 3.05) is 32.3 Å². The molecule has 0 spiro atoms. The number of Topliss-reactive ketones (excluding diaryl/α,β-unsaturated/α-hetero) is 1. The van der Waals surface area contributed by atoms with Gasteiger partial charge in [0.15, 0.2) is 21.2 Å². The summed E-state index contributed by atoms with van der Waals surface area (Å²) in [5.74, 6) is -0.114. The Balaban J connectivity index is 1.59. The van der Waals surface area contributed by atoms with Gasteiger partial charge in [-0.2, -0.15) is 0 Å². The molecule has 5 rings (SSSR count). The monoisotopic (exact) mass is 546 g/mol. The van der Waals surface area contributed by atoms with Crippen molar-refractivity contribution in [2.24, 2.45) is 0 Å². The van der Waals surface area contributed by atoms with E-state index < -0.39 is 27.0 Å². The third-order valence-corrected chi connectivity index (χ3v) is 8.92. The molecule has 202 valence electrons. The third kappa shape index (κ3) is 4.84. The van der Waals surface area contributed by atoms with E-state index in [0.717, 1.165) is 11.1 Å². The van der Waals surface area contributed by atoms with Gasteiger partial charge in [0.1, 0.15) is 23.1 Å². The summed E-state index contributed by atoms with van der Waals surface area (Å²) in [5, 5.41) is 0.404. The van der Waals surface area contributed by atoms with Gasteiger partial charge in [0.25, 0.3) is 0 Å². The van der Waals surface area contributed by atoms with Crippen molar-refractivity contribution in [3.8, 4) is 11.5 Å². The molecule has 2 N–H and O–H groups in total. The molecular weight excluding hydrogens is 516 g/mol. The minimum absolute atomic E-state index is 0.0199. The lowest BCUT2D eigenvalue weighted by atomic mass is 9.81. The number of nitrogen functional groups attached to an aromatic ring is 1. The quantitative estimate of drug-likeness (QED) is 0.341. The third-order valence-electron chi connectivity index (χ3n) is 7.25. The number of ketones is 1. The van der Waals surface area contributed by atoms with Gasteiger partial charge in [-0.3, -0.25) is 4.79 Å². The van der Waals surface area contributed by atoms with Crippen LogP contribution in [-0.2, 0) is 25.0 Å². The number of carbonyl (C=O) groups excluding carboxylic acids is 1. The van der Waals surface area contributed by atoms with Gasteiger partial charge in [0.2, 0.25) is 0 Å². The minimum Gasteiger partial charge on any atom is -0.496 e. The number of methoxy groups -OCH3 is 2. The Hall–Kier alpha value is -3.95. The average molecular weight is 547 g/mol. The maximum atomic E-state index is 14.2. The minimum atomic E-state index is -4.08. The number of aryl methyl sites for hydroxylation is 1. The van der Waals surface area contributed by atoms with Crippen LogP contribution in [0.2, 0.25) is 0 Å². The fourth-order valence-corrected chi connectivity index (χ4v) is 6.89. The standard InChI is InChI=1S/C30H30N2O6S/c1-19-11-13-26(37-3)23(15-19)30(16-20(17-38-30)21-7-4-5-9-25(21)36-2)28(33)18-39(34,35)27-10-6-8-24-22(27)12-14-29(31)32-24/h4-15,20H,16-18H2,1-3H3,(H2,31,32)/t20-,30+/m0/s1. The zero-order valence-corrected chi connectivity index (χ0v) is 22.8. The summed E-state index contributed by atoms with van der Waals surface area (Å²) in [4.78, 5) is 18.5. The van der Waals surface area contributed by atoms with E-state index in [9.17, 15) is 13.2 Å². The molecule has 4 aromatic rings. The second kappa shape index (κ2) is 10.3. The highest BCUT2D eigenvalue weighted by Crippen LogP contribution is 2.49. The number of ether oxygens (including phenoxy) is 3. The first-order chi connectivity index (χ1) is 18.7. The van der Waals surface area contributed by atoms with Crippen molar-refractivity contribution < 1.29 is 27.4 Å². The van der Waals surface area contributed by atoms with Gasteiger partial charge in [-0.1, -0.05) is 35.9 Å². The molecule has 2 heterocycles. The Bertz CT molecular complexity index is 1670. The molecule has 8 nitrogen and oxygen atoms in total. The van der Waals surface area contributed by atoms with Gasteiger partial charge in [-0.25, -0.2) is 13.4 Å². The zero-order chi connectivity index (χ0) is 27.8. The van der Waals surface area contributed by atoms with Crippen LogP contribution in [0, 0.1) is 6.92 Å². The molecule has 1 saturated heterocycles. The van der Waals surface area contributed by atoms with E-state index in [1.807, 2.05) is 43.3 Å². The van der Waals surface area contributed by atoms with E-state index >= 15 is 0 Å². The van der Waals surface area contributed by atoms with Crippen LogP contribution in [0.3, 0.4) is 0 Å². The Labute approximate surface area is 227 Å². The molecule has 1 aliphatic heterocycles. The van der Waals surface area contributed by atoms with Crippen molar-refractivity contribution in [3.05, 3.63) is 89.5 Å². The number of anilines is 1. The molecule has 3 aromatic carbocycles. The Kier molecular flexibility index (Phi) is 7.05. The number of aromatic nitrogens is 1. The highest BCUT2D eigenvalue weighted by Gasteiger charge is 2.51. The van der Waals surface area contributed by atoms with Gasteiger partial charge in [0.05, 0.1) is 31.2 Å². The summed E-state index contributed by atoms with van der Waals surface area (Å²) in [6, 6.07) is 21.0. The summed E-state index contributed by atoms with van der Waals surface area (Å²) >= 11 is 0. The Morgan fingerprint density at radius 1 is 1.03 bits per heavy atom. The smallest absolute Gasteiger partial charge is 0.186 e. The number of hydrogen-bond acceptors (Lipinski definition) is 8. The van der Waals surface area contributed by atoms with Crippen molar-refractivity contribution in [1.82, 2.24) is 4.98 Å². The number of benzene rings is 3. The van der Waals surface area contributed by atoms with Gasteiger partial charge in [-0.05, 0) is 61.4 Å². The molecule has 1 aromatic heterocycles. The van der Waals surface area contributed by atoms with E-state index in [4.69, 9.17) is 19.9 Å². The number of para-hydroxylation sites is 1. The number of hydrogen-bond donors (Lipinski definition) is 1. The first kappa shape index (κ1) is 26.6. The topological polar surface area (TPSA) is 118 Å². The molecule has 9 heteroatoms. The first-order valence-electron chi connectivity index (χ1n) is 12.5. The molecule has 0 amide bonds. The van der Waals surface area contributed by atoms with Crippen LogP contribution < -0.4 is 15.2 Å². The molecule has 0 radical (unpaired) electrons. The number of carbonyl (C=O) groups is 1. The lowest BCUT2D eigenvalue weighted by molar-refractivity contribution is -0.137. The van der Waals surface area contributed by atoms with Crippen molar-refractivity contribution in [3.63, 3.8) is 0 Å². The molecule has 1 aliphatic rings. The summed E-state index contributed by atoms with van der Waals surface area (Å²) in [7, 11) is -0.971. The van der Waals surface area contributed by atoms with Gasteiger partial charge < -0.3 is 19.9 Å². The van der Waals surface area contributed by atoms with E-state index in [1.54, 1.807) is 37.4 Å². The number of nitrogens with two attached hydrogens (primary N) is 1. The zero-order valence-electron chi connectivity index (χ0n) is 22.0. The fourth-order valence-electron chi connectivity index (χ4n) is 5.36. The number of pyridine rings is 1. The second-order valence-corrected chi connectivity index (χ2v) is 11.7. The summed E-state index contributed by atoms with van der Waals surface area (Å²) in [6.45, 7) is 2.11. The van der Waals surface area contributed by atoms with E-state index in [2.05, 4.69) is 4.98 Å². The molecule has 0 bridgehead atoms. The molecular formula is C30H30N2O6S. The highest BCUT2D eigenvalue weighted by atomic mass is 32.2. The van der Waals surface area contributed by atoms with Crippen LogP contribution in [0.15, 0.2) is 77.7 Å². The Morgan fingerprint density at radius 3 is 2.56 bits per heavy atom. The van der Waals surface area contributed by atoms with Crippen LogP contribution >= 0.6 is 0 Å². The lowest BCUT2D eigenvalue weighted by Crippen LogP contribution is -2.40. The number of fused-ring (bicyclic) bond motifs is 1. The lowest BCUT2D eigenvalue weighted by Gasteiger charge is -2.29. The normalized spacial score (nSPS) is 19.2. The highest BCUT2D eigenvalue weighted by molar-refractivity contribution is 7.92. The molecule has 2 atom stereocenters. The predicted molar refractivity (Wildman–Crippen MR) is 149 cm³/mol. The molecule has 39 heavy (non-hydrogen) atoms. The van der Waals surface area contributed by atoms with Crippen LogP contribution in [0.25, 0.3) is 10.9 Å². The number of nitrogens with zero attached hydrogens (tertiary/aromatic N) is 1. The summed E-state index contributed by atoms with van der Waals surface area (Å²) in [6.07, 6.45) is 0.231. The van der Waals surface area contributed by atoms with Gasteiger partial charge >= 0.3 is 0 Å². The largest absolute Gasteiger partial charge is 0.496 e. The average Bonchev–Trinajstić information content (AvgIpc) is 3.39. The van der Waals surface area contributed by atoms with Crippen molar-refractivity contribution in [2.45, 2.75) is 29.8 Å². The van der Waals surface area contributed by atoms with E-state index in [1.165, 1.54) is 13.2 Å². The van der Waals surface area contributed by atoms with Crippen LogP contribution in [0.4, 0.5) is 5.82 Å². The summed E-state index contributed by atoms with van der Waals surface area (Å²) in [5.41, 5.74) is 6.99. The molecule has 0 aliphatic carbocycles. The molecule has 0 saturated carbocycles. The molecule has 0 unspecified atom stereocenters.